The highest BCUT2D eigenvalue weighted by Gasteiger charge is 2.36. The minimum atomic E-state index is -0.641. The predicted octanol–water partition coefficient (Wildman–Crippen LogP) is 4.11. The molecule has 0 bridgehead atoms. The molecule has 1 aromatic heterocycles. The second-order valence-corrected chi connectivity index (χ2v) is 11.5. The summed E-state index contributed by atoms with van der Waals surface area (Å²) in [6.07, 6.45) is 3.24. The number of nitrogens with one attached hydrogen (secondary N) is 1. The number of aromatic nitrogens is 1. The van der Waals surface area contributed by atoms with Crippen molar-refractivity contribution in [2.24, 2.45) is 5.73 Å². The lowest BCUT2D eigenvalue weighted by atomic mass is 10.0. The number of hydrogen-bond donors (Lipinski definition) is 2. The fourth-order valence-electron chi connectivity index (χ4n) is 5.77. The first kappa shape index (κ1) is 29.2. The van der Waals surface area contributed by atoms with E-state index >= 15 is 4.39 Å². The Bertz CT molecular complexity index is 1580. The van der Waals surface area contributed by atoms with E-state index in [1.165, 1.54) is 19.4 Å². The smallest absolute Gasteiger partial charge is 0.257 e. The number of ether oxygens (including phenoxy) is 1. The Morgan fingerprint density at radius 2 is 1.83 bits per heavy atom. The average Bonchev–Trinajstić information content (AvgIpc) is 3.77. The zero-order chi connectivity index (χ0) is 29.6. The van der Waals surface area contributed by atoms with Crippen LogP contribution in [0.3, 0.4) is 0 Å². The third-order valence-electron chi connectivity index (χ3n) is 7.74. The third-order valence-corrected chi connectivity index (χ3v) is 8.33. The van der Waals surface area contributed by atoms with Crippen LogP contribution in [0, 0.1) is 5.82 Å². The first-order chi connectivity index (χ1) is 19.5. The molecule has 2 heterocycles. The van der Waals surface area contributed by atoms with Gasteiger partial charge in [-0.25, -0.2) is 4.39 Å². The van der Waals surface area contributed by atoms with Crippen molar-refractivity contribution in [2.75, 3.05) is 31.6 Å². The van der Waals surface area contributed by atoms with Gasteiger partial charge in [0.1, 0.15) is 11.3 Å². The van der Waals surface area contributed by atoms with Crippen LogP contribution in [0.5, 0.6) is 5.75 Å². The third kappa shape index (κ3) is 5.48. The van der Waals surface area contributed by atoms with Crippen molar-refractivity contribution in [2.45, 2.75) is 51.4 Å². The number of nitrogens with two attached hydrogens (primary N) is 1. The van der Waals surface area contributed by atoms with Gasteiger partial charge in [0.25, 0.3) is 5.91 Å². The van der Waals surface area contributed by atoms with Crippen molar-refractivity contribution in [3.63, 3.8) is 0 Å². The summed E-state index contributed by atoms with van der Waals surface area (Å²) in [7, 11) is 1.44. The summed E-state index contributed by atoms with van der Waals surface area (Å²) in [5.41, 5.74) is 6.22. The van der Waals surface area contributed by atoms with Crippen LogP contribution in [0.2, 0.25) is 10.0 Å². The molecule has 218 valence electrons. The lowest BCUT2D eigenvalue weighted by Crippen LogP contribution is -2.60. The molecule has 3 N–H and O–H groups in total. The van der Waals surface area contributed by atoms with Crippen LogP contribution in [0.15, 0.2) is 35.3 Å². The molecule has 1 saturated heterocycles. The van der Waals surface area contributed by atoms with Crippen LogP contribution < -0.4 is 26.1 Å². The maximum Gasteiger partial charge on any atom is 0.257 e. The van der Waals surface area contributed by atoms with Gasteiger partial charge < -0.3 is 30.2 Å². The molecule has 2 amide bonds. The molecule has 2 atom stereocenters. The number of halogens is 3. The maximum absolute atomic E-state index is 15.9. The SMILES string of the molecule is COc1c(N2C[C@@H](C)N(C(=O)CN)[C@@H](C)C2)c(F)cc2c(=O)c(C(=O)NCc3ccc(Cl)cc3Cl)cn(C3CC3)c12. The Morgan fingerprint density at radius 3 is 2.41 bits per heavy atom. The minimum Gasteiger partial charge on any atom is -0.492 e. The molecule has 2 aromatic carbocycles. The second kappa shape index (κ2) is 11.5. The van der Waals surface area contributed by atoms with Crippen molar-refractivity contribution >= 4 is 51.6 Å². The minimum absolute atomic E-state index is 0.0411. The molecule has 9 nitrogen and oxygen atoms in total. The zero-order valence-electron chi connectivity index (χ0n) is 23.0. The van der Waals surface area contributed by atoms with Gasteiger partial charge in [0.05, 0.1) is 24.6 Å². The summed E-state index contributed by atoms with van der Waals surface area (Å²) in [5.74, 6) is -1.18. The highest BCUT2D eigenvalue weighted by atomic mass is 35.5. The quantitative estimate of drug-likeness (QED) is 0.421. The first-order valence-electron chi connectivity index (χ1n) is 13.5. The molecular formula is C29H32Cl2FN5O4. The molecule has 0 unspecified atom stereocenters. The molecule has 2 aliphatic rings. The fourth-order valence-corrected chi connectivity index (χ4v) is 6.25. The summed E-state index contributed by atoms with van der Waals surface area (Å²) in [6, 6.07) is 5.72. The number of anilines is 1. The molecule has 1 aliphatic carbocycles. The number of piperazine rings is 1. The van der Waals surface area contributed by atoms with E-state index in [0.717, 1.165) is 12.8 Å². The standard InChI is InChI=1S/C29H32Cl2FN5O4/c1-15-12-35(13-16(2)37(15)24(38)10-33)26-23(32)9-20-25(28(26)41-3)36(19-6-7-19)14-21(27(20)39)29(40)34-11-17-4-5-18(30)8-22(17)31/h4-5,8-9,14-16,19H,6-7,10-13,33H2,1-3H3,(H,34,40)/t15-,16+. The molecule has 5 rings (SSSR count). The summed E-state index contributed by atoms with van der Waals surface area (Å²) >= 11 is 12.2. The summed E-state index contributed by atoms with van der Waals surface area (Å²) in [6.45, 7) is 4.49. The molecule has 0 spiro atoms. The largest absolute Gasteiger partial charge is 0.492 e. The molecule has 1 saturated carbocycles. The Morgan fingerprint density at radius 1 is 1.15 bits per heavy atom. The molecule has 1 aliphatic heterocycles. The summed E-state index contributed by atoms with van der Waals surface area (Å²) in [5, 5.41) is 3.67. The van der Waals surface area contributed by atoms with Crippen LogP contribution in [0.25, 0.3) is 10.9 Å². The van der Waals surface area contributed by atoms with Crippen LogP contribution in [0.1, 0.15) is 48.7 Å². The maximum atomic E-state index is 15.9. The van der Waals surface area contributed by atoms with Gasteiger partial charge in [-0.2, -0.15) is 0 Å². The van der Waals surface area contributed by atoms with E-state index in [-0.39, 0.29) is 59.5 Å². The molecule has 0 radical (unpaired) electrons. The summed E-state index contributed by atoms with van der Waals surface area (Å²) < 4.78 is 23.6. The van der Waals surface area contributed by atoms with Crippen LogP contribution in [0.4, 0.5) is 10.1 Å². The lowest BCUT2D eigenvalue weighted by molar-refractivity contribution is -0.134. The monoisotopic (exact) mass is 603 g/mol. The van der Waals surface area contributed by atoms with Gasteiger partial charge in [0, 0.05) is 54.0 Å². The summed E-state index contributed by atoms with van der Waals surface area (Å²) in [4.78, 5) is 42.8. The number of fused-ring (bicyclic) bond motifs is 1. The molecule has 2 fully saturated rings. The van der Waals surface area contributed by atoms with Crippen molar-refractivity contribution < 1.29 is 18.7 Å². The van der Waals surface area contributed by atoms with Gasteiger partial charge in [-0.3, -0.25) is 14.4 Å². The van der Waals surface area contributed by atoms with Gasteiger partial charge in [0.15, 0.2) is 11.6 Å². The number of amides is 2. The van der Waals surface area contributed by atoms with Crippen molar-refractivity contribution in [1.82, 2.24) is 14.8 Å². The van der Waals surface area contributed by atoms with Crippen LogP contribution in [-0.4, -0.2) is 60.1 Å². The molecule has 3 aromatic rings. The van der Waals surface area contributed by atoms with Crippen molar-refractivity contribution in [3.8, 4) is 5.75 Å². The van der Waals surface area contributed by atoms with Gasteiger partial charge in [-0.1, -0.05) is 29.3 Å². The van der Waals surface area contributed by atoms with Gasteiger partial charge in [-0.15, -0.1) is 0 Å². The first-order valence-corrected chi connectivity index (χ1v) is 14.2. The predicted molar refractivity (Wildman–Crippen MR) is 158 cm³/mol. The van der Waals surface area contributed by atoms with Crippen LogP contribution >= 0.6 is 23.2 Å². The van der Waals surface area contributed by atoms with Gasteiger partial charge >= 0.3 is 0 Å². The van der Waals surface area contributed by atoms with E-state index in [9.17, 15) is 14.4 Å². The van der Waals surface area contributed by atoms with E-state index in [0.29, 0.717) is 34.2 Å². The average molecular weight is 605 g/mol. The van der Waals surface area contributed by atoms with Crippen molar-refractivity contribution in [1.29, 1.82) is 0 Å². The fraction of sp³-hybridized carbons (Fsp3) is 0.414. The highest BCUT2D eigenvalue weighted by molar-refractivity contribution is 6.35. The van der Waals surface area contributed by atoms with E-state index in [1.807, 2.05) is 23.3 Å². The number of methoxy groups -OCH3 is 1. The number of hydrogen-bond acceptors (Lipinski definition) is 6. The molecule has 41 heavy (non-hydrogen) atoms. The number of benzene rings is 2. The topological polar surface area (TPSA) is 110 Å². The van der Waals surface area contributed by atoms with E-state index < -0.39 is 17.2 Å². The highest BCUT2D eigenvalue weighted by Crippen LogP contribution is 2.44. The second-order valence-electron chi connectivity index (χ2n) is 10.7. The van der Waals surface area contributed by atoms with Gasteiger partial charge in [-0.05, 0) is 50.5 Å². The van der Waals surface area contributed by atoms with E-state index in [4.69, 9.17) is 33.7 Å². The van der Waals surface area contributed by atoms with E-state index in [2.05, 4.69) is 5.32 Å². The number of nitrogens with zero attached hydrogens (tertiary/aromatic N) is 3. The lowest BCUT2D eigenvalue weighted by Gasteiger charge is -2.45. The van der Waals surface area contributed by atoms with Crippen LogP contribution in [-0.2, 0) is 11.3 Å². The zero-order valence-corrected chi connectivity index (χ0v) is 24.6. The number of pyridine rings is 1. The van der Waals surface area contributed by atoms with Crippen molar-refractivity contribution in [3.05, 3.63) is 67.7 Å². The Kier molecular flexibility index (Phi) is 8.18. The Hall–Kier alpha value is -3.34. The Labute approximate surface area is 246 Å². The number of carbonyl (C=O) groups excluding carboxylic acids is 2. The molecule has 12 heteroatoms. The number of rotatable bonds is 7. The van der Waals surface area contributed by atoms with Gasteiger partial charge in [0.2, 0.25) is 11.3 Å². The Balaban J connectivity index is 1.55. The molecular weight excluding hydrogens is 572 g/mol. The van der Waals surface area contributed by atoms with E-state index in [1.54, 1.807) is 23.1 Å². The number of carbonyl (C=O) groups is 2. The normalized spacial score (nSPS) is 19.0.